The Labute approximate surface area is 131 Å². The fourth-order valence-electron chi connectivity index (χ4n) is 3.51. The Morgan fingerprint density at radius 3 is 2.29 bits per heavy atom. The van der Waals surface area contributed by atoms with E-state index in [2.05, 4.69) is 50.4 Å². The van der Waals surface area contributed by atoms with Crippen LogP contribution in [0.2, 0.25) is 0 Å². The molecule has 0 bridgehead atoms. The molecule has 0 radical (unpaired) electrons. The quantitative estimate of drug-likeness (QED) is 0.697. The monoisotopic (exact) mass is 287 g/mol. The molecule has 118 valence electrons. The number of rotatable bonds is 7. The molecule has 1 aliphatic rings. The lowest BCUT2D eigenvalue weighted by Gasteiger charge is -2.23. The molecule has 21 heavy (non-hydrogen) atoms. The lowest BCUT2D eigenvalue weighted by molar-refractivity contribution is 0.329. The van der Waals surface area contributed by atoms with E-state index in [9.17, 15) is 0 Å². The smallest absolute Gasteiger partial charge is 0.0291 e. The van der Waals surface area contributed by atoms with Gasteiger partial charge in [0.25, 0.3) is 0 Å². The van der Waals surface area contributed by atoms with Gasteiger partial charge in [0.2, 0.25) is 0 Å². The lowest BCUT2D eigenvalue weighted by Crippen LogP contribution is -2.22. The SMILES string of the molecule is CC(C)Cc1ccc(C(C)NCCC2CCCCC2)cc1. The average molecular weight is 287 g/mol. The van der Waals surface area contributed by atoms with Gasteiger partial charge in [-0.2, -0.15) is 0 Å². The number of nitrogens with one attached hydrogen (secondary N) is 1. The molecule has 0 spiro atoms. The first-order chi connectivity index (χ1) is 10.1. The highest BCUT2D eigenvalue weighted by Crippen LogP contribution is 2.26. The lowest BCUT2D eigenvalue weighted by atomic mass is 9.87. The van der Waals surface area contributed by atoms with E-state index < -0.39 is 0 Å². The van der Waals surface area contributed by atoms with Crippen LogP contribution in [-0.2, 0) is 6.42 Å². The molecule has 1 nitrogen and oxygen atoms in total. The van der Waals surface area contributed by atoms with Gasteiger partial charge < -0.3 is 5.32 Å². The van der Waals surface area contributed by atoms with Crippen molar-refractivity contribution in [2.75, 3.05) is 6.54 Å². The summed E-state index contributed by atoms with van der Waals surface area (Å²) in [6, 6.07) is 9.68. The van der Waals surface area contributed by atoms with Gasteiger partial charge in [-0.15, -0.1) is 0 Å². The third kappa shape index (κ3) is 5.82. The molecule has 0 aliphatic heterocycles. The van der Waals surface area contributed by atoms with Crippen LogP contribution in [0.3, 0.4) is 0 Å². The predicted octanol–water partition coefficient (Wildman–Crippen LogP) is 5.51. The van der Waals surface area contributed by atoms with E-state index in [0.717, 1.165) is 11.8 Å². The summed E-state index contributed by atoms with van der Waals surface area (Å²) in [5.74, 6) is 1.72. The fourth-order valence-corrected chi connectivity index (χ4v) is 3.51. The minimum absolute atomic E-state index is 0.474. The average Bonchev–Trinajstić information content (AvgIpc) is 2.48. The number of hydrogen-bond acceptors (Lipinski definition) is 1. The van der Waals surface area contributed by atoms with Gasteiger partial charge >= 0.3 is 0 Å². The van der Waals surface area contributed by atoms with Gasteiger partial charge in [0.05, 0.1) is 0 Å². The van der Waals surface area contributed by atoms with Crippen LogP contribution in [0.25, 0.3) is 0 Å². The highest BCUT2D eigenvalue weighted by molar-refractivity contribution is 5.25. The Kier molecular flexibility index (Phi) is 6.76. The molecule has 1 aromatic carbocycles. The van der Waals surface area contributed by atoms with E-state index >= 15 is 0 Å². The first kappa shape index (κ1) is 16.5. The molecule has 0 saturated heterocycles. The third-order valence-corrected chi connectivity index (χ3v) is 4.85. The molecule has 1 heteroatoms. The summed E-state index contributed by atoms with van der Waals surface area (Å²) in [4.78, 5) is 0. The van der Waals surface area contributed by atoms with E-state index in [0.29, 0.717) is 6.04 Å². The van der Waals surface area contributed by atoms with Crippen molar-refractivity contribution >= 4 is 0 Å². The normalized spacial score (nSPS) is 18.1. The van der Waals surface area contributed by atoms with Crippen molar-refractivity contribution in [2.24, 2.45) is 11.8 Å². The summed E-state index contributed by atoms with van der Waals surface area (Å²) >= 11 is 0. The zero-order valence-corrected chi connectivity index (χ0v) is 14.2. The van der Waals surface area contributed by atoms with Crippen molar-refractivity contribution in [2.45, 2.75) is 71.8 Å². The minimum Gasteiger partial charge on any atom is -0.310 e. The maximum atomic E-state index is 3.71. The first-order valence-electron chi connectivity index (χ1n) is 8.97. The largest absolute Gasteiger partial charge is 0.310 e. The molecule has 1 saturated carbocycles. The van der Waals surface area contributed by atoms with Crippen LogP contribution in [0.1, 0.15) is 76.5 Å². The topological polar surface area (TPSA) is 12.0 Å². The van der Waals surface area contributed by atoms with Crippen LogP contribution in [0.15, 0.2) is 24.3 Å². The number of benzene rings is 1. The van der Waals surface area contributed by atoms with Gasteiger partial charge in [0, 0.05) is 6.04 Å². The van der Waals surface area contributed by atoms with Gasteiger partial charge in [-0.1, -0.05) is 70.2 Å². The maximum absolute atomic E-state index is 3.71. The molecule has 1 fully saturated rings. The summed E-state index contributed by atoms with van der Waals surface area (Å²) in [7, 11) is 0. The van der Waals surface area contributed by atoms with E-state index in [1.165, 1.54) is 62.6 Å². The highest BCUT2D eigenvalue weighted by Gasteiger charge is 2.13. The summed E-state index contributed by atoms with van der Waals surface area (Å²) in [6.07, 6.45) is 9.83. The molecule has 1 unspecified atom stereocenters. The molecule has 0 aromatic heterocycles. The van der Waals surface area contributed by atoms with Crippen LogP contribution < -0.4 is 5.32 Å². The fraction of sp³-hybridized carbons (Fsp3) is 0.700. The molecule has 1 N–H and O–H groups in total. The Hall–Kier alpha value is -0.820. The molecular formula is C20H33N. The molecule has 0 amide bonds. The van der Waals surface area contributed by atoms with Crippen molar-refractivity contribution in [1.29, 1.82) is 0 Å². The zero-order chi connectivity index (χ0) is 15.1. The number of hydrogen-bond donors (Lipinski definition) is 1. The minimum atomic E-state index is 0.474. The molecule has 2 rings (SSSR count). The summed E-state index contributed by atoms with van der Waals surface area (Å²) < 4.78 is 0. The van der Waals surface area contributed by atoms with E-state index in [4.69, 9.17) is 0 Å². The van der Waals surface area contributed by atoms with E-state index in [1.807, 2.05) is 0 Å². The summed E-state index contributed by atoms with van der Waals surface area (Å²) in [5, 5.41) is 3.71. The van der Waals surface area contributed by atoms with E-state index in [-0.39, 0.29) is 0 Å². The molecule has 0 heterocycles. The zero-order valence-electron chi connectivity index (χ0n) is 14.2. The van der Waals surface area contributed by atoms with Gasteiger partial charge in [-0.3, -0.25) is 0 Å². The predicted molar refractivity (Wildman–Crippen MR) is 92.6 cm³/mol. The van der Waals surface area contributed by atoms with Crippen molar-refractivity contribution < 1.29 is 0 Å². The van der Waals surface area contributed by atoms with Crippen molar-refractivity contribution in [1.82, 2.24) is 5.32 Å². The molecule has 1 atom stereocenters. The Morgan fingerprint density at radius 1 is 1.00 bits per heavy atom. The Balaban J connectivity index is 1.73. The van der Waals surface area contributed by atoms with Crippen molar-refractivity contribution in [3.8, 4) is 0 Å². The van der Waals surface area contributed by atoms with Crippen LogP contribution in [0.5, 0.6) is 0 Å². The second-order valence-corrected chi connectivity index (χ2v) is 7.31. The van der Waals surface area contributed by atoms with Crippen molar-refractivity contribution in [3.63, 3.8) is 0 Å². The van der Waals surface area contributed by atoms with Crippen LogP contribution in [0, 0.1) is 11.8 Å². The second-order valence-electron chi connectivity index (χ2n) is 7.31. The third-order valence-electron chi connectivity index (χ3n) is 4.85. The van der Waals surface area contributed by atoms with Crippen LogP contribution in [0.4, 0.5) is 0 Å². The highest BCUT2D eigenvalue weighted by atomic mass is 14.9. The van der Waals surface area contributed by atoms with E-state index in [1.54, 1.807) is 0 Å². The van der Waals surface area contributed by atoms with Gasteiger partial charge in [0.1, 0.15) is 0 Å². The summed E-state index contributed by atoms with van der Waals surface area (Å²) in [5.41, 5.74) is 2.88. The Morgan fingerprint density at radius 2 is 1.67 bits per heavy atom. The molecular weight excluding hydrogens is 254 g/mol. The summed E-state index contributed by atoms with van der Waals surface area (Å²) in [6.45, 7) is 8.02. The van der Waals surface area contributed by atoms with Gasteiger partial charge in [-0.05, 0) is 49.3 Å². The molecule has 1 aromatic rings. The molecule has 1 aliphatic carbocycles. The standard InChI is InChI=1S/C20H33N/c1-16(2)15-19-9-11-20(12-10-19)17(3)21-14-13-18-7-5-4-6-8-18/h9-12,16-18,21H,4-8,13-15H2,1-3H3. The van der Waals surface area contributed by atoms with Gasteiger partial charge in [0.15, 0.2) is 0 Å². The Bertz CT molecular complexity index is 387. The second kappa shape index (κ2) is 8.58. The maximum Gasteiger partial charge on any atom is 0.0291 e. The first-order valence-corrected chi connectivity index (χ1v) is 8.97. The van der Waals surface area contributed by atoms with Crippen LogP contribution in [-0.4, -0.2) is 6.54 Å². The van der Waals surface area contributed by atoms with Gasteiger partial charge in [-0.25, -0.2) is 0 Å². The van der Waals surface area contributed by atoms with Crippen molar-refractivity contribution in [3.05, 3.63) is 35.4 Å². The van der Waals surface area contributed by atoms with Crippen LogP contribution >= 0.6 is 0 Å².